The maximum absolute atomic E-state index is 12.4. The van der Waals surface area contributed by atoms with Crippen molar-refractivity contribution >= 4 is 16.7 Å². The van der Waals surface area contributed by atoms with Crippen LogP contribution in [0.1, 0.15) is 15.9 Å². The molecule has 3 aromatic heterocycles. The predicted molar refractivity (Wildman–Crippen MR) is 92.2 cm³/mol. The summed E-state index contributed by atoms with van der Waals surface area (Å²) in [5, 5.41) is 1.74. The number of carbonyl (C=O) groups is 1. The Labute approximate surface area is 143 Å². The van der Waals surface area contributed by atoms with Crippen LogP contribution in [0.25, 0.3) is 16.6 Å². The van der Waals surface area contributed by atoms with Crippen molar-refractivity contribution in [2.24, 2.45) is 0 Å². The van der Waals surface area contributed by atoms with E-state index in [9.17, 15) is 4.79 Å². The van der Waals surface area contributed by atoms with Gasteiger partial charge in [0.2, 0.25) is 0 Å². The number of aromatic nitrogens is 4. The van der Waals surface area contributed by atoms with Crippen LogP contribution in [0.3, 0.4) is 0 Å². The first-order valence-corrected chi connectivity index (χ1v) is 7.74. The number of imidazole rings is 1. The van der Waals surface area contributed by atoms with Crippen molar-refractivity contribution in [3.63, 3.8) is 0 Å². The third kappa shape index (κ3) is 3.10. The molecule has 0 radical (unpaired) electrons. The van der Waals surface area contributed by atoms with Crippen molar-refractivity contribution < 1.29 is 9.53 Å². The molecule has 0 fully saturated rings. The highest BCUT2D eigenvalue weighted by molar-refractivity contribution is 6.03. The fourth-order valence-electron chi connectivity index (χ4n) is 2.56. The van der Waals surface area contributed by atoms with Gasteiger partial charge in [0.05, 0.1) is 5.56 Å². The number of carbonyl (C=O) groups excluding carboxylic acids is 1. The minimum atomic E-state index is -0.400. The molecule has 25 heavy (non-hydrogen) atoms. The molecule has 0 aliphatic rings. The van der Waals surface area contributed by atoms with Gasteiger partial charge >= 0.3 is 5.97 Å². The lowest BCUT2D eigenvalue weighted by atomic mass is 10.1. The molecule has 1 aromatic carbocycles. The number of benzene rings is 1. The normalized spacial score (nSPS) is 10.7. The number of fused-ring (bicyclic) bond motifs is 1. The number of nitrogens with zero attached hydrogens (tertiary/aromatic N) is 4. The van der Waals surface area contributed by atoms with Crippen molar-refractivity contribution in [3.05, 3.63) is 84.8 Å². The standard InChI is InChI=1S/C19H14N4O2/c24-19(17-11-21-10-15-3-1-2-4-16(15)17)25-12-14-5-6-18(22-9-14)23-8-7-20-13-23/h1-11,13H,12H2. The van der Waals surface area contributed by atoms with E-state index in [1.165, 1.54) is 6.20 Å². The maximum Gasteiger partial charge on any atom is 0.340 e. The van der Waals surface area contributed by atoms with Crippen LogP contribution in [0.4, 0.5) is 0 Å². The maximum atomic E-state index is 12.4. The average molecular weight is 330 g/mol. The second-order valence-corrected chi connectivity index (χ2v) is 5.48. The fourth-order valence-corrected chi connectivity index (χ4v) is 2.56. The molecular formula is C19H14N4O2. The predicted octanol–water partition coefficient (Wildman–Crippen LogP) is 3.17. The Balaban J connectivity index is 1.48. The first-order valence-electron chi connectivity index (χ1n) is 7.74. The van der Waals surface area contributed by atoms with Crippen LogP contribution < -0.4 is 0 Å². The second kappa shape index (κ2) is 6.52. The molecule has 0 spiro atoms. The van der Waals surface area contributed by atoms with Gasteiger partial charge in [-0.1, -0.05) is 30.3 Å². The Morgan fingerprint density at radius 2 is 1.96 bits per heavy atom. The molecule has 0 saturated heterocycles. The topological polar surface area (TPSA) is 69.9 Å². The summed E-state index contributed by atoms with van der Waals surface area (Å²) in [5.41, 5.74) is 1.27. The first-order chi connectivity index (χ1) is 12.3. The van der Waals surface area contributed by atoms with E-state index in [0.717, 1.165) is 22.2 Å². The Kier molecular flexibility index (Phi) is 3.92. The van der Waals surface area contributed by atoms with Crippen LogP contribution in [-0.4, -0.2) is 25.5 Å². The van der Waals surface area contributed by atoms with E-state index in [2.05, 4.69) is 15.0 Å². The summed E-state index contributed by atoms with van der Waals surface area (Å²) in [6, 6.07) is 11.3. The lowest BCUT2D eigenvalue weighted by Crippen LogP contribution is -2.07. The van der Waals surface area contributed by atoms with Crippen LogP contribution in [0.5, 0.6) is 0 Å². The fraction of sp³-hybridized carbons (Fsp3) is 0.0526. The number of hydrogen-bond acceptors (Lipinski definition) is 5. The molecule has 3 heterocycles. The van der Waals surface area contributed by atoms with Gasteiger partial charge in [-0.05, 0) is 11.5 Å². The van der Waals surface area contributed by atoms with E-state index in [1.807, 2.05) is 42.6 Å². The number of hydrogen-bond donors (Lipinski definition) is 0. The van der Waals surface area contributed by atoms with Gasteiger partial charge in [0, 0.05) is 41.9 Å². The second-order valence-electron chi connectivity index (χ2n) is 5.48. The van der Waals surface area contributed by atoms with Crippen LogP contribution in [0.2, 0.25) is 0 Å². The molecule has 122 valence electrons. The van der Waals surface area contributed by atoms with E-state index in [1.54, 1.807) is 29.5 Å². The van der Waals surface area contributed by atoms with E-state index in [4.69, 9.17) is 4.74 Å². The van der Waals surface area contributed by atoms with Gasteiger partial charge in [-0.15, -0.1) is 0 Å². The van der Waals surface area contributed by atoms with Crippen molar-refractivity contribution in [3.8, 4) is 5.82 Å². The van der Waals surface area contributed by atoms with Crippen LogP contribution >= 0.6 is 0 Å². The monoisotopic (exact) mass is 330 g/mol. The number of esters is 1. The van der Waals surface area contributed by atoms with Crippen molar-refractivity contribution in [1.82, 2.24) is 19.5 Å². The molecule has 0 saturated carbocycles. The number of ether oxygens (including phenoxy) is 1. The largest absolute Gasteiger partial charge is 0.457 e. The molecule has 0 aliphatic carbocycles. The highest BCUT2D eigenvalue weighted by Crippen LogP contribution is 2.18. The molecule has 4 aromatic rings. The molecule has 0 atom stereocenters. The van der Waals surface area contributed by atoms with Crippen LogP contribution in [0.15, 0.2) is 73.7 Å². The molecule has 6 heteroatoms. The zero-order valence-corrected chi connectivity index (χ0v) is 13.2. The molecular weight excluding hydrogens is 316 g/mol. The van der Waals surface area contributed by atoms with E-state index in [-0.39, 0.29) is 6.61 Å². The average Bonchev–Trinajstić information content (AvgIpc) is 3.21. The van der Waals surface area contributed by atoms with E-state index >= 15 is 0 Å². The van der Waals surface area contributed by atoms with Crippen molar-refractivity contribution in [2.75, 3.05) is 0 Å². The van der Waals surface area contributed by atoms with Gasteiger partial charge in [-0.25, -0.2) is 14.8 Å². The van der Waals surface area contributed by atoms with Crippen molar-refractivity contribution in [1.29, 1.82) is 0 Å². The minimum absolute atomic E-state index is 0.152. The minimum Gasteiger partial charge on any atom is -0.457 e. The third-order valence-corrected chi connectivity index (χ3v) is 3.84. The molecule has 0 unspecified atom stereocenters. The Hall–Kier alpha value is -3.54. The Bertz CT molecular complexity index is 1010. The Morgan fingerprint density at radius 1 is 1.04 bits per heavy atom. The van der Waals surface area contributed by atoms with Gasteiger partial charge in [-0.3, -0.25) is 9.55 Å². The van der Waals surface area contributed by atoms with Gasteiger partial charge in [0.1, 0.15) is 18.8 Å². The number of pyridine rings is 2. The molecule has 0 N–H and O–H groups in total. The first kappa shape index (κ1) is 15.0. The van der Waals surface area contributed by atoms with Gasteiger partial charge in [0.15, 0.2) is 0 Å². The molecule has 0 amide bonds. The lowest BCUT2D eigenvalue weighted by molar-refractivity contribution is 0.0474. The van der Waals surface area contributed by atoms with Gasteiger partial charge in [-0.2, -0.15) is 0 Å². The summed E-state index contributed by atoms with van der Waals surface area (Å²) < 4.78 is 7.22. The van der Waals surface area contributed by atoms with Gasteiger partial charge < -0.3 is 4.74 Å². The molecule has 4 rings (SSSR count). The third-order valence-electron chi connectivity index (χ3n) is 3.84. The van der Waals surface area contributed by atoms with E-state index in [0.29, 0.717) is 5.56 Å². The van der Waals surface area contributed by atoms with Gasteiger partial charge in [0.25, 0.3) is 0 Å². The molecule has 0 aliphatic heterocycles. The lowest BCUT2D eigenvalue weighted by Gasteiger charge is -2.08. The highest BCUT2D eigenvalue weighted by atomic mass is 16.5. The quantitative estimate of drug-likeness (QED) is 0.538. The van der Waals surface area contributed by atoms with Crippen LogP contribution in [0, 0.1) is 0 Å². The zero-order chi connectivity index (χ0) is 17.1. The highest BCUT2D eigenvalue weighted by Gasteiger charge is 2.12. The smallest absolute Gasteiger partial charge is 0.340 e. The summed E-state index contributed by atoms with van der Waals surface area (Å²) in [5.74, 6) is 0.355. The zero-order valence-electron chi connectivity index (χ0n) is 13.2. The number of rotatable bonds is 4. The summed E-state index contributed by atoms with van der Waals surface area (Å²) in [7, 11) is 0. The van der Waals surface area contributed by atoms with Crippen LogP contribution in [-0.2, 0) is 11.3 Å². The molecule has 0 bridgehead atoms. The SMILES string of the molecule is O=C(OCc1ccc(-n2ccnc2)nc1)c1cncc2ccccc12. The van der Waals surface area contributed by atoms with E-state index < -0.39 is 5.97 Å². The Morgan fingerprint density at radius 3 is 2.76 bits per heavy atom. The summed E-state index contributed by atoms with van der Waals surface area (Å²) in [6.45, 7) is 0.152. The van der Waals surface area contributed by atoms with Crippen molar-refractivity contribution in [2.45, 2.75) is 6.61 Å². The molecule has 6 nitrogen and oxygen atoms in total. The summed E-state index contributed by atoms with van der Waals surface area (Å²) in [4.78, 5) is 24.8. The summed E-state index contributed by atoms with van der Waals surface area (Å²) >= 11 is 0. The summed E-state index contributed by atoms with van der Waals surface area (Å²) in [6.07, 6.45) is 10.1.